The first-order valence-electron chi connectivity index (χ1n) is 9.69. The van der Waals surface area contributed by atoms with E-state index in [1.807, 2.05) is 30.3 Å². The number of aliphatic hydroxyl groups excluding tert-OH is 1. The zero-order valence-electron chi connectivity index (χ0n) is 15.9. The summed E-state index contributed by atoms with van der Waals surface area (Å²) < 4.78 is 26.8. The number of benzene rings is 3. The van der Waals surface area contributed by atoms with Crippen molar-refractivity contribution < 1.29 is 19.0 Å². The Morgan fingerprint density at radius 3 is 2.07 bits per heavy atom. The Morgan fingerprint density at radius 1 is 0.862 bits per heavy atom. The summed E-state index contributed by atoms with van der Waals surface area (Å²) in [6.07, 6.45) is -0.645. The van der Waals surface area contributed by atoms with Crippen molar-refractivity contribution in [3.8, 4) is 0 Å². The predicted octanol–water partition coefficient (Wildman–Crippen LogP) is 4.41. The lowest BCUT2D eigenvalue weighted by atomic mass is 9.72. The number of rotatable bonds is 4. The van der Waals surface area contributed by atoms with E-state index in [1.165, 1.54) is 36.4 Å². The van der Waals surface area contributed by atoms with Crippen molar-refractivity contribution in [3.05, 3.63) is 102 Å². The molecule has 0 saturated carbocycles. The molecule has 0 amide bonds. The van der Waals surface area contributed by atoms with Gasteiger partial charge in [-0.25, -0.2) is 8.78 Å². The van der Waals surface area contributed by atoms with E-state index in [0.717, 1.165) is 5.69 Å². The molecule has 1 heterocycles. The molecular formula is C24H23F2NO2. The minimum atomic E-state index is -1.34. The van der Waals surface area contributed by atoms with Crippen LogP contribution in [-0.4, -0.2) is 23.3 Å². The van der Waals surface area contributed by atoms with Crippen LogP contribution in [-0.2, 0) is 5.60 Å². The van der Waals surface area contributed by atoms with Gasteiger partial charge < -0.3 is 15.1 Å². The first kappa shape index (κ1) is 19.6. The maximum absolute atomic E-state index is 13.4. The maximum atomic E-state index is 13.4. The highest BCUT2D eigenvalue weighted by atomic mass is 19.1. The van der Waals surface area contributed by atoms with Gasteiger partial charge in [-0.3, -0.25) is 0 Å². The van der Waals surface area contributed by atoms with Gasteiger partial charge in [0.05, 0.1) is 11.7 Å². The van der Waals surface area contributed by atoms with Crippen molar-refractivity contribution in [2.45, 2.75) is 18.1 Å². The Labute approximate surface area is 168 Å². The largest absolute Gasteiger partial charge is 0.388 e. The first-order valence-corrected chi connectivity index (χ1v) is 9.69. The van der Waals surface area contributed by atoms with Crippen LogP contribution in [0.4, 0.5) is 14.5 Å². The highest BCUT2D eigenvalue weighted by molar-refractivity contribution is 5.47. The van der Waals surface area contributed by atoms with E-state index in [1.54, 1.807) is 12.1 Å². The van der Waals surface area contributed by atoms with Crippen LogP contribution in [0.25, 0.3) is 0 Å². The second kappa shape index (κ2) is 7.93. The Morgan fingerprint density at radius 2 is 1.45 bits per heavy atom. The van der Waals surface area contributed by atoms with Crippen LogP contribution in [0.2, 0.25) is 0 Å². The van der Waals surface area contributed by atoms with E-state index in [4.69, 9.17) is 0 Å². The smallest absolute Gasteiger partial charge is 0.123 e. The molecule has 0 radical (unpaired) electrons. The number of hydrogen-bond acceptors (Lipinski definition) is 3. The molecule has 3 aromatic carbocycles. The first-order chi connectivity index (χ1) is 14.0. The zero-order chi connectivity index (χ0) is 20.4. The lowest BCUT2D eigenvalue weighted by molar-refractivity contribution is -0.0904. The Balaban J connectivity index is 1.71. The van der Waals surface area contributed by atoms with Gasteiger partial charge in [0.25, 0.3) is 0 Å². The van der Waals surface area contributed by atoms with E-state index >= 15 is 0 Å². The molecule has 2 N–H and O–H groups in total. The molecule has 150 valence electrons. The number of piperidine rings is 1. The number of anilines is 1. The number of para-hydroxylation sites is 1. The average Bonchev–Trinajstić information content (AvgIpc) is 2.75. The van der Waals surface area contributed by atoms with Gasteiger partial charge >= 0.3 is 0 Å². The minimum absolute atomic E-state index is 0.371. The molecule has 0 aliphatic carbocycles. The van der Waals surface area contributed by atoms with E-state index in [2.05, 4.69) is 4.90 Å². The lowest BCUT2D eigenvalue weighted by Gasteiger charge is -2.47. The molecule has 1 fully saturated rings. The van der Waals surface area contributed by atoms with Gasteiger partial charge in [0.2, 0.25) is 0 Å². The van der Waals surface area contributed by atoms with E-state index in [-0.39, 0.29) is 11.6 Å². The standard InChI is InChI=1S/C24H23F2NO2/c25-19-10-6-17(7-11-19)23(28)22-16-27(21-4-2-1-3-5-21)15-14-24(22,29)18-8-12-20(26)13-9-18/h1-13,22-23,28-29H,14-16H2. The van der Waals surface area contributed by atoms with Crippen LogP contribution in [0.15, 0.2) is 78.9 Å². The number of aliphatic hydroxyl groups is 2. The van der Waals surface area contributed by atoms with Gasteiger partial charge in [-0.1, -0.05) is 42.5 Å². The normalized spacial score (nSPS) is 23.0. The van der Waals surface area contributed by atoms with Gasteiger partial charge in [0, 0.05) is 24.7 Å². The van der Waals surface area contributed by atoms with Crippen LogP contribution >= 0.6 is 0 Å². The molecule has 3 atom stereocenters. The summed E-state index contributed by atoms with van der Waals surface area (Å²) in [7, 11) is 0. The van der Waals surface area contributed by atoms with Crippen molar-refractivity contribution in [3.63, 3.8) is 0 Å². The fourth-order valence-electron chi connectivity index (χ4n) is 4.19. The third-order valence-corrected chi connectivity index (χ3v) is 5.85. The summed E-state index contributed by atoms with van der Waals surface area (Å²) >= 11 is 0. The quantitative estimate of drug-likeness (QED) is 0.688. The molecule has 0 aromatic heterocycles. The third kappa shape index (κ3) is 3.88. The van der Waals surface area contributed by atoms with Gasteiger partial charge in [-0.15, -0.1) is 0 Å². The summed E-state index contributed by atoms with van der Waals surface area (Å²) in [5.74, 6) is -1.36. The zero-order valence-corrected chi connectivity index (χ0v) is 15.9. The lowest BCUT2D eigenvalue weighted by Crippen LogP contribution is -2.52. The predicted molar refractivity (Wildman–Crippen MR) is 108 cm³/mol. The molecule has 3 nitrogen and oxygen atoms in total. The second-order valence-electron chi connectivity index (χ2n) is 7.57. The van der Waals surface area contributed by atoms with Crippen molar-refractivity contribution >= 4 is 5.69 Å². The topological polar surface area (TPSA) is 43.7 Å². The minimum Gasteiger partial charge on any atom is -0.388 e. The fourth-order valence-corrected chi connectivity index (χ4v) is 4.19. The number of nitrogens with zero attached hydrogens (tertiary/aromatic N) is 1. The van der Waals surface area contributed by atoms with E-state index < -0.39 is 17.6 Å². The van der Waals surface area contributed by atoms with Crippen LogP contribution in [0, 0.1) is 17.6 Å². The summed E-state index contributed by atoms with van der Waals surface area (Å²) in [6.45, 7) is 0.987. The van der Waals surface area contributed by atoms with Gasteiger partial charge in [-0.05, 0) is 53.9 Å². The Bertz CT molecular complexity index is 947. The van der Waals surface area contributed by atoms with Crippen molar-refractivity contribution in [2.75, 3.05) is 18.0 Å². The maximum Gasteiger partial charge on any atom is 0.123 e. The SMILES string of the molecule is OC(c1ccc(F)cc1)C1CN(c2ccccc2)CCC1(O)c1ccc(F)cc1. The fraction of sp³-hybridized carbons (Fsp3) is 0.250. The second-order valence-corrected chi connectivity index (χ2v) is 7.57. The summed E-state index contributed by atoms with van der Waals surface area (Å²) in [5, 5.41) is 22.8. The molecule has 0 spiro atoms. The van der Waals surface area contributed by atoms with Crippen molar-refractivity contribution in [1.29, 1.82) is 0 Å². The molecule has 1 aliphatic heterocycles. The van der Waals surface area contributed by atoms with Crippen LogP contribution < -0.4 is 4.90 Å². The molecule has 4 rings (SSSR count). The van der Waals surface area contributed by atoms with Gasteiger partial charge in [-0.2, -0.15) is 0 Å². The Kier molecular flexibility index (Phi) is 5.35. The van der Waals surface area contributed by atoms with Crippen LogP contribution in [0.3, 0.4) is 0 Å². The summed E-state index contributed by atoms with van der Waals surface area (Å²) in [4.78, 5) is 2.12. The number of hydrogen-bond donors (Lipinski definition) is 2. The van der Waals surface area contributed by atoms with Crippen molar-refractivity contribution in [2.24, 2.45) is 5.92 Å². The summed E-state index contributed by atoms with van der Waals surface area (Å²) in [5.41, 5.74) is 0.766. The highest BCUT2D eigenvalue weighted by Crippen LogP contribution is 2.44. The molecule has 0 bridgehead atoms. The van der Waals surface area contributed by atoms with Gasteiger partial charge in [0.15, 0.2) is 0 Å². The Hall–Kier alpha value is -2.76. The average molecular weight is 395 g/mol. The third-order valence-electron chi connectivity index (χ3n) is 5.85. The molecule has 1 saturated heterocycles. The monoisotopic (exact) mass is 395 g/mol. The van der Waals surface area contributed by atoms with E-state index in [9.17, 15) is 19.0 Å². The van der Waals surface area contributed by atoms with Gasteiger partial charge in [0.1, 0.15) is 11.6 Å². The number of halogens is 2. The molecule has 3 aromatic rings. The van der Waals surface area contributed by atoms with Crippen LogP contribution in [0.5, 0.6) is 0 Å². The molecule has 1 aliphatic rings. The summed E-state index contributed by atoms with van der Waals surface area (Å²) in [6, 6.07) is 21.2. The molecular weight excluding hydrogens is 372 g/mol. The van der Waals surface area contributed by atoms with E-state index in [0.29, 0.717) is 30.6 Å². The highest BCUT2D eigenvalue weighted by Gasteiger charge is 2.46. The van der Waals surface area contributed by atoms with Crippen molar-refractivity contribution in [1.82, 2.24) is 0 Å². The molecule has 3 unspecified atom stereocenters. The molecule has 29 heavy (non-hydrogen) atoms. The molecule has 5 heteroatoms. The van der Waals surface area contributed by atoms with Crippen LogP contribution in [0.1, 0.15) is 23.7 Å².